The highest BCUT2D eigenvalue weighted by Gasteiger charge is 2.08. The molecule has 76 valence electrons. The van der Waals surface area contributed by atoms with E-state index in [9.17, 15) is 0 Å². The van der Waals surface area contributed by atoms with Gasteiger partial charge in [0.15, 0.2) is 0 Å². The zero-order chi connectivity index (χ0) is 10.5. The van der Waals surface area contributed by atoms with Gasteiger partial charge >= 0.3 is 0 Å². The van der Waals surface area contributed by atoms with Crippen LogP contribution in [0.4, 0.5) is 0 Å². The first-order valence-electron chi connectivity index (χ1n) is 4.62. The van der Waals surface area contributed by atoms with Crippen molar-refractivity contribution in [2.75, 3.05) is 0 Å². The van der Waals surface area contributed by atoms with Crippen LogP contribution in [0.3, 0.4) is 0 Å². The van der Waals surface area contributed by atoms with Crippen molar-refractivity contribution < 1.29 is 0 Å². The largest absolute Gasteiger partial charge is 0.265 e. The standard InChI is InChI=1S/C12H10ClNS/c13-12(10-4-2-1-3-5-10)15-11-6-8-14-9-7-11/h1-9,12H. The number of rotatable bonds is 3. The summed E-state index contributed by atoms with van der Waals surface area (Å²) in [6.07, 6.45) is 3.55. The fraction of sp³-hybridized carbons (Fsp3) is 0.0833. The molecule has 1 heterocycles. The molecule has 1 atom stereocenters. The van der Waals surface area contributed by atoms with E-state index in [0.717, 1.165) is 10.5 Å². The topological polar surface area (TPSA) is 12.9 Å². The minimum Gasteiger partial charge on any atom is -0.265 e. The van der Waals surface area contributed by atoms with Crippen molar-refractivity contribution in [1.29, 1.82) is 0 Å². The molecule has 0 aliphatic carbocycles. The lowest BCUT2D eigenvalue weighted by atomic mass is 10.2. The Labute approximate surface area is 98.5 Å². The summed E-state index contributed by atoms with van der Waals surface area (Å²) in [5.41, 5.74) is 1.13. The number of aromatic nitrogens is 1. The molecule has 2 rings (SSSR count). The molecule has 1 nitrogen and oxygen atoms in total. The Hall–Kier alpha value is -0.990. The van der Waals surface area contributed by atoms with Crippen molar-refractivity contribution in [2.24, 2.45) is 0 Å². The second-order valence-corrected chi connectivity index (χ2v) is 4.90. The summed E-state index contributed by atoms with van der Waals surface area (Å²) in [5, 5.41) is 0. The molecule has 0 aliphatic heterocycles. The normalized spacial score (nSPS) is 12.3. The number of thioether (sulfide) groups is 1. The number of hydrogen-bond acceptors (Lipinski definition) is 2. The first-order chi connectivity index (χ1) is 7.36. The molecule has 0 N–H and O–H groups in total. The Morgan fingerprint density at radius 3 is 2.33 bits per heavy atom. The van der Waals surface area contributed by atoms with Crippen molar-refractivity contribution in [2.45, 2.75) is 9.60 Å². The lowest BCUT2D eigenvalue weighted by Gasteiger charge is -2.08. The number of pyridine rings is 1. The molecule has 15 heavy (non-hydrogen) atoms. The lowest BCUT2D eigenvalue weighted by Crippen LogP contribution is -1.84. The van der Waals surface area contributed by atoms with Crippen LogP contribution < -0.4 is 0 Å². The predicted octanol–water partition coefficient (Wildman–Crippen LogP) is 4.11. The number of hydrogen-bond donors (Lipinski definition) is 0. The quantitative estimate of drug-likeness (QED) is 0.587. The third-order valence-electron chi connectivity index (χ3n) is 1.95. The Kier molecular flexibility index (Phi) is 3.64. The van der Waals surface area contributed by atoms with Crippen LogP contribution in [0.15, 0.2) is 59.8 Å². The second-order valence-electron chi connectivity index (χ2n) is 3.03. The Bertz CT molecular complexity index is 404. The second kappa shape index (κ2) is 5.19. The average molecular weight is 236 g/mol. The third kappa shape index (κ3) is 2.98. The summed E-state index contributed by atoms with van der Waals surface area (Å²) in [6, 6.07) is 14.0. The van der Waals surface area contributed by atoms with Crippen molar-refractivity contribution in [3.8, 4) is 0 Å². The molecule has 0 saturated heterocycles. The van der Waals surface area contributed by atoms with Crippen LogP contribution in [0.1, 0.15) is 10.3 Å². The summed E-state index contributed by atoms with van der Waals surface area (Å²) in [6.45, 7) is 0. The fourth-order valence-electron chi connectivity index (χ4n) is 1.21. The first kappa shape index (κ1) is 10.5. The smallest absolute Gasteiger partial charge is 0.108 e. The van der Waals surface area contributed by atoms with Crippen LogP contribution in [0, 0.1) is 0 Å². The molecule has 1 aromatic carbocycles. The van der Waals surface area contributed by atoms with Crippen molar-refractivity contribution in [1.82, 2.24) is 4.98 Å². The number of halogens is 1. The molecule has 3 heteroatoms. The molecule has 0 bridgehead atoms. The zero-order valence-electron chi connectivity index (χ0n) is 8.01. The van der Waals surface area contributed by atoms with Crippen LogP contribution in [0.25, 0.3) is 0 Å². The van der Waals surface area contributed by atoms with E-state index in [-0.39, 0.29) is 4.71 Å². The molecule has 0 radical (unpaired) electrons. The molecule has 0 fully saturated rings. The average Bonchev–Trinajstić information content (AvgIpc) is 2.31. The summed E-state index contributed by atoms with van der Waals surface area (Å²) >= 11 is 7.91. The SMILES string of the molecule is ClC(Sc1ccncc1)c1ccccc1. The van der Waals surface area contributed by atoms with Gasteiger partial charge in [0.1, 0.15) is 4.71 Å². The third-order valence-corrected chi connectivity index (χ3v) is 3.49. The van der Waals surface area contributed by atoms with Gasteiger partial charge in [-0.25, -0.2) is 0 Å². The number of alkyl halides is 1. The monoisotopic (exact) mass is 235 g/mol. The molecule has 0 amide bonds. The van der Waals surface area contributed by atoms with E-state index in [1.54, 1.807) is 24.2 Å². The van der Waals surface area contributed by atoms with Crippen molar-refractivity contribution in [3.63, 3.8) is 0 Å². The molecular formula is C12H10ClNS. The van der Waals surface area contributed by atoms with Gasteiger partial charge in [-0.2, -0.15) is 0 Å². The van der Waals surface area contributed by atoms with Gasteiger partial charge < -0.3 is 0 Å². The van der Waals surface area contributed by atoms with E-state index in [0.29, 0.717) is 0 Å². The van der Waals surface area contributed by atoms with Crippen LogP contribution in [0.2, 0.25) is 0 Å². The molecule has 0 spiro atoms. The van der Waals surface area contributed by atoms with E-state index in [4.69, 9.17) is 11.6 Å². The highest BCUT2D eigenvalue weighted by atomic mass is 35.5. The Balaban J connectivity index is 2.08. The number of nitrogens with zero attached hydrogens (tertiary/aromatic N) is 1. The van der Waals surface area contributed by atoms with Crippen molar-refractivity contribution >= 4 is 23.4 Å². The first-order valence-corrected chi connectivity index (χ1v) is 5.93. The minimum atomic E-state index is -0.0476. The van der Waals surface area contributed by atoms with Crippen molar-refractivity contribution in [3.05, 3.63) is 60.4 Å². The summed E-state index contributed by atoms with van der Waals surface area (Å²) in [5.74, 6) is 0. The van der Waals surface area contributed by atoms with Gasteiger partial charge in [0.25, 0.3) is 0 Å². The van der Waals surface area contributed by atoms with Crippen LogP contribution in [0.5, 0.6) is 0 Å². The van der Waals surface area contributed by atoms with E-state index < -0.39 is 0 Å². The van der Waals surface area contributed by atoms with Crippen LogP contribution in [-0.4, -0.2) is 4.98 Å². The van der Waals surface area contributed by atoms with Crippen LogP contribution >= 0.6 is 23.4 Å². The zero-order valence-corrected chi connectivity index (χ0v) is 9.58. The van der Waals surface area contributed by atoms with Gasteiger partial charge in [-0.15, -0.1) is 23.4 Å². The van der Waals surface area contributed by atoms with E-state index in [2.05, 4.69) is 4.98 Å². The van der Waals surface area contributed by atoms with Gasteiger partial charge in [0, 0.05) is 17.3 Å². The highest BCUT2D eigenvalue weighted by Crippen LogP contribution is 2.37. The summed E-state index contributed by atoms with van der Waals surface area (Å²) < 4.78 is -0.0476. The Morgan fingerprint density at radius 1 is 1.00 bits per heavy atom. The molecular weight excluding hydrogens is 226 g/mol. The lowest BCUT2D eigenvalue weighted by molar-refractivity contribution is 1.25. The maximum absolute atomic E-state index is 6.28. The highest BCUT2D eigenvalue weighted by molar-refractivity contribution is 8.00. The minimum absolute atomic E-state index is 0.0476. The van der Waals surface area contributed by atoms with Gasteiger partial charge in [0.2, 0.25) is 0 Å². The molecule has 0 saturated carbocycles. The van der Waals surface area contributed by atoms with E-state index in [1.165, 1.54) is 0 Å². The molecule has 0 aliphatic rings. The van der Waals surface area contributed by atoms with Crippen LogP contribution in [-0.2, 0) is 0 Å². The maximum atomic E-state index is 6.28. The molecule has 1 aromatic heterocycles. The molecule has 1 unspecified atom stereocenters. The Morgan fingerprint density at radius 2 is 1.67 bits per heavy atom. The predicted molar refractivity (Wildman–Crippen MR) is 65.1 cm³/mol. The summed E-state index contributed by atoms with van der Waals surface area (Å²) in [7, 11) is 0. The van der Waals surface area contributed by atoms with Gasteiger partial charge in [-0.1, -0.05) is 30.3 Å². The number of benzene rings is 1. The molecule has 2 aromatic rings. The van der Waals surface area contributed by atoms with E-state index >= 15 is 0 Å². The summed E-state index contributed by atoms with van der Waals surface area (Å²) in [4.78, 5) is 5.10. The van der Waals surface area contributed by atoms with Gasteiger partial charge in [0.05, 0.1) is 0 Å². The van der Waals surface area contributed by atoms with E-state index in [1.807, 2.05) is 42.5 Å². The fourth-order valence-corrected chi connectivity index (χ4v) is 2.47. The van der Waals surface area contributed by atoms with Gasteiger partial charge in [-0.05, 0) is 17.7 Å². The van der Waals surface area contributed by atoms with Gasteiger partial charge in [-0.3, -0.25) is 4.98 Å². The maximum Gasteiger partial charge on any atom is 0.108 e.